The minimum absolute atomic E-state index is 0.101. The fraction of sp³-hybridized carbons (Fsp3) is 0.280. The highest BCUT2D eigenvalue weighted by Crippen LogP contribution is 2.25. The lowest BCUT2D eigenvalue weighted by atomic mass is 10.1. The number of aryl methyl sites for hydroxylation is 1. The predicted molar refractivity (Wildman–Crippen MR) is 127 cm³/mol. The van der Waals surface area contributed by atoms with Crippen molar-refractivity contribution in [2.24, 2.45) is 0 Å². The summed E-state index contributed by atoms with van der Waals surface area (Å²) in [5.41, 5.74) is 2.87. The number of aromatic nitrogens is 1. The number of ether oxygens (including phenoxy) is 2. The second-order valence-electron chi connectivity index (χ2n) is 7.36. The van der Waals surface area contributed by atoms with E-state index in [-0.39, 0.29) is 12.0 Å². The summed E-state index contributed by atoms with van der Waals surface area (Å²) in [5, 5.41) is 2.92. The van der Waals surface area contributed by atoms with Crippen LogP contribution < -0.4 is 10.1 Å². The van der Waals surface area contributed by atoms with E-state index in [2.05, 4.69) is 33.2 Å². The molecular weight excluding hydrogens is 456 g/mol. The van der Waals surface area contributed by atoms with Crippen LogP contribution in [0.5, 0.6) is 11.5 Å². The quantitative estimate of drug-likeness (QED) is 0.375. The first-order valence-corrected chi connectivity index (χ1v) is 11.2. The maximum absolute atomic E-state index is 12.7. The van der Waals surface area contributed by atoms with E-state index in [1.54, 1.807) is 0 Å². The minimum Gasteiger partial charge on any atom is -0.457 e. The largest absolute Gasteiger partial charge is 0.457 e. The lowest BCUT2D eigenvalue weighted by Crippen LogP contribution is -2.16. The number of halogens is 1. The first-order valence-electron chi connectivity index (χ1n) is 10.4. The summed E-state index contributed by atoms with van der Waals surface area (Å²) in [6, 6.07) is 18.6. The molecule has 3 aromatic rings. The van der Waals surface area contributed by atoms with E-state index in [0.717, 1.165) is 35.4 Å². The Labute approximate surface area is 191 Å². The number of benzene rings is 2. The molecule has 0 saturated carbocycles. The van der Waals surface area contributed by atoms with Crippen molar-refractivity contribution < 1.29 is 14.3 Å². The van der Waals surface area contributed by atoms with Crippen molar-refractivity contribution in [3.05, 3.63) is 82.1 Å². The third-order valence-corrected chi connectivity index (χ3v) is 5.13. The van der Waals surface area contributed by atoms with Gasteiger partial charge >= 0.3 is 0 Å². The molecule has 0 aliphatic rings. The predicted octanol–water partition coefficient (Wildman–Crippen LogP) is 6.55. The van der Waals surface area contributed by atoms with E-state index in [1.807, 2.05) is 74.5 Å². The molecule has 0 aliphatic heterocycles. The molecule has 5 nitrogen and oxygen atoms in total. The molecule has 0 aliphatic carbocycles. The van der Waals surface area contributed by atoms with Crippen LogP contribution in [-0.4, -0.2) is 23.6 Å². The third kappa shape index (κ3) is 6.91. The molecule has 1 N–H and O–H groups in total. The topological polar surface area (TPSA) is 60.5 Å². The summed E-state index contributed by atoms with van der Waals surface area (Å²) in [6.07, 6.45) is 1.82. The standard InChI is InChI=1S/C25H27BrN2O3/c1-4-14-30-17(2)15-21-10-13-24(18(3)27-21)25(29)28-20-8-11-22(12-9-20)31-23-7-5-6-19(26)16-23/h5-13,16-17H,4,14-15H2,1-3H3,(H,28,29). The number of nitrogens with one attached hydrogen (secondary N) is 1. The van der Waals surface area contributed by atoms with Crippen LogP contribution in [0.4, 0.5) is 5.69 Å². The average molecular weight is 483 g/mol. The highest BCUT2D eigenvalue weighted by molar-refractivity contribution is 9.10. The van der Waals surface area contributed by atoms with Crippen molar-refractivity contribution >= 4 is 27.5 Å². The molecular formula is C25H27BrN2O3. The summed E-state index contributed by atoms with van der Waals surface area (Å²) in [4.78, 5) is 17.3. The molecule has 1 heterocycles. The molecule has 31 heavy (non-hydrogen) atoms. The lowest BCUT2D eigenvalue weighted by Gasteiger charge is -2.13. The van der Waals surface area contributed by atoms with Crippen molar-refractivity contribution in [3.8, 4) is 11.5 Å². The highest BCUT2D eigenvalue weighted by atomic mass is 79.9. The number of carbonyl (C=O) groups is 1. The molecule has 1 atom stereocenters. The average Bonchev–Trinajstić information content (AvgIpc) is 2.73. The van der Waals surface area contributed by atoms with Crippen LogP contribution in [0.15, 0.2) is 65.1 Å². The normalized spacial score (nSPS) is 11.7. The number of carbonyl (C=O) groups excluding carboxylic acids is 1. The van der Waals surface area contributed by atoms with Gasteiger partial charge in [0.25, 0.3) is 5.91 Å². The molecule has 3 rings (SSSR count). The number of amides is 1. The van der Waals surface area contributed by atoms with Crippen LogP contribution in [0.2, 0.25) is 0 Å². The highest BCUT2D eigenvalue weighted by Gasteiger charge is 2.13. The van der Waals surface area contributed by atoms with Gasteiger partial charge in [-0.05, 0) is 74.9 Å². The molecule has 0 spiro atoms. The van der Waals surface area contributed by atoms with Gasteiger partial charge in [0.15, 0.2) is 0 Å². The van der Waals surface area contributed by atoms with Crippen LogP contribution >= 0.6 is 15.9 Å². The molecule has 0 radical (unpaired) electrons. The molecule has 0 saturated heterocycles. The maximum Gasteiger partial charge on any atom is 0.257 e. The van der Waals surface area contributed by atoms with E-state index in [9.17, 15) is 4.79 Å². The van der Waals surface area contributed by atoms with Gasteiger partial charge in [-0.3, -0.25) is 9.78 Å². The Hall–Kier alpha value is -2.70. The van der Waals surface area contributed by atoms with Gasteiger partial charge in [-0.2, -0.15) is 0 Å². The zero-order valence-electron chi connectivity index (χ0n) is 18.0. The number of hydrogen-bond acceptors (Lipinski definition) is 4. The number of anilines is 1. The number of hydrogen-bond donors (Lipinski definition) is 1. The Bertz CT molecular complexity index is 1020. The Morgan fingerprint density at radius 2 is 1.87 bits per heavy atom. The smallest absolute Gasteiger partial charge is 0.257 e. The van der Waals surface area contributed by atoms with Gasteiger partial charge in [0.05, 0.1) is 17.4 Å². The van der Waals surface area contributed by atoms with Crippen molar-refractivity contribution in [2.45, 2.75) is 39.7 Å². The Morgan fingerprint density at radius 3 is 2.55 bits per heavy atom. The van der Waals surface area contributed by atoms with E-state index in [4.69, 9.17) is 9.47 Å². The summed E-state index contributed by atoms with van der Waals surface area (Å²) in [7, 11) is 0. The van der Waals surface area contributed by atoms with E-state index >= 15 is 0 Å². The second kappa shape index (κ2) is 11.1. The van der Waals surface area contributed by atoms with Crippen LogP contribution in [0, 0.1) is 6.92 Å². The van der Waals surface area contributed by atoms with Crippen LogP contribution in [0.25, 0.3) is 0 Å². The fourth-order valence-electron chi connectivity index (χ4n) is 3.11. The minimum atomic E-state index is -0.188. The molecule has 1 aromatic heterocycles. The molecule has 1 unspecified atom stereocenters. The zero-order valence-corrected chi connectivity index (χ0v) is 19.6. The van der Waals surface area contributed by atoms with Gasteiger partial charge in [0, 0.05) is 28.9 Å². The molecule has 6 heteroatoms. The summed E-state index contributed by atoms with van der Waals surface area (Å²) in [5.74, 6) is 1.24. The summed E-state index contributed by atoms with van der Waals surface area (Å²) in [6.45, 7) is 6.72. The fourth-order valence-corrected chi connectivity index (χ4v) is 3.49. The lowest BCUT2D eigenvalue weighted by molar-refractivity contribution is 0.0663. The number of nitrogens with zero attached hydrogens (tertiary/aromatic N) is 1. The Balaban J connectivity index is 1.60. The Kier molecular flexibility index (Phi) is 8.20. The second-order valence-corrected chi connectivity index (χ2v) is 8.27. The van der Waals surface area contributed by atoms with Gasteiger partial charge in [0.1, 0.15) is 11.5 Å². The van der Waals surface area contributed by atoms with Gasteiger partial charge in [-0.15, -0.1) is 0 Å². The van der Waals surface area contributed by atoms with Crippen LogP contribution in [-0.2, 0) is 11.2 Å². The van der Waals surface area contributed by atoms with Gasteiger partial charge < -0.3 is 14.8 Å². The zero-order chi connectivity index (χ0) is 22.2. The molecule has 0 fully saturated rings. The Morgan fingerprint density at radius 1 is 1.10 bits per heavy atom. The van der Waals surface area contributed by atoms with Crippen molar-refractivity contribution in [3.63, 3.8) is 0 Å². The number of pyridine rings is 1. The monoisotopic (exact) mass is 482 g/mol. The molecule has 0 bridgehead atoms. The van der Waals surface area contributed by atoms with Gasteiger partial charge in [-0.1, -0.05) is 28.9 Å². The van der Waals surface area contributed by atoms with Crippen molar-refractivity contribution in [1.82, 2.24) is 4.98 Å². The van der Waals surface area contributed by atoms with Gasteiger partial charge in [0.2, 0.25) is 0 Å². The van der Waals surface area contributed by atoms with E-state index in [1.165, 1.54) is 0 Å². The first-order chi connectivity index (χ1) is 14.9. The number of rotatable bonds is 9. The SMILES string of the molecule is CCCOC(C)Cc1ccc(C(=O)Nc2ccc(Oc3cccc(Br)c3)cc2)c(C)n1. The third-order valence-electron chi connectivity index (χ3n) is 4.64. The molecule has 162 valence electrons. The van der Waals surface area contributed by atoms with E-state index < -0.39 is 0 Å². The molecule has 1 amide bonds. The molecule has 2 aromatic carbocycles. The maximum atomic E-state index is 12.7. The van der Waals surface area contributed by atoms with Crippen molar-refractivity contribution in [1.29, 1.82) is 0 Å². The summed E-state index contributed by atoms with van der Waals surface area (Å²) >= 11 is 3.43. The van der Waals surface area contributed by atoms with Gasteiger partial charge in [-0.25, -0.2) is 0 Å². The van der Waals surface area contributed by atoms with Crippen LogP contribution in [0.3, 0.4) is 0 Å². The van der Waals surface area contributed by atoms with Crippen LogP contribution in [0.1, 0.15) is 42.0 Å². The van der Waals surface area contributed by atoms with Crippen molar-refractivity contribution in [2.75, 3.05) is 11.9 Å². The van der Waals surface area contributed by atoms with E-state index in [0.29, 0.717) is 22.7 Å². The first kappa shape index (κ1) is 23.0. The summed E-state index contributed by atoms with van der Waals surface area (Å²) < 4.78 is 12.5.